The second-order valence-electron chi connectivity index (χ2n) is 2.82. The molecule has 0 aliphatic carbocycles. The molecule has 5 nitrogen and oxygen atoms in total. The zero-order chi connectivity index (χ0) is 11.1. The standard InChI is InChI=1S/C10H11N3O2/c11-10(14)13(12-15)8-4-7-9-5-2-1-3-6-9/h1-7H,8H2,(H2,11,14)/b7-4-. The number of hydrogen-bond donors (Lipinski definition) is 1. The smallest absolute Gasteiger partial charge is 0.338 e. The van der Waals surface area contributed by atoms with Crippen molar-refractivity contribution in [2.45, 2.75) is 0 Å². The van der Waals surface area contributed by atoms with Crippen LogP contribution in [0.5, 0.6) is 0 Å². The Labute approximate surface area is 87.1 Å². The summed E-state index contributed by atoms with van der Waals surface area (Å²) in [7, 11) is 0. The fourth-order valence-electron chi connectivity index (χ4n) is 1.02. The maximum Gasteiger partial charge on any atom is 0.338 e. The molecule has 0 saturated carbocycles. The van der Waals surface area contributed by atoms with Crippen LogP contribution in [0.25, 0.3) is 6.08 Å². The zero-order valence-electron chi connectivity index (χ0n) is 8.04. The van der Waals surface area contributed by atoms with Gasteiger partial charge in [-0.1, -0.05) is 42.5 Å². The fourth-order valence-corrected chi connectivity index (χ4v) is 1.02. The molecule has 0 atom stereocenters. The number of amides is 2. The van der Waals surface area contributed by atoms with Gasteiger partial charge in [-0.15, -0.1) is 4.91 Å². The minimum Gasteiger partial charge on any atom is -0.350 e. The molecule has 0 aliphatic rings. The summed E-state index contributed by atoms with van der Waals surface area (Å²) in [6.07, 6.45) is 3.42. The second-order valence-corrected chi connectivity index (χ2v) is 2.82. The van der Waals surface area contributed by atoms with E-state index in [-0.39, 0.29) is 6.54 Å². The van der Waals surface area contributed by atoms with Crippen molar-refractivity contribution in [3.63, 3.8) is 0 Å². The van der Waals surface area contributed by atoms with Crippen molar-refractivity contribution >= 4 is 12.1 Å². The third kappa shape index (κ3) is 3.60. The summed E-state index contributed by atoms with van der Waals surface area (Å²) in [5, 5.41) is 3.11. The lowest BCUT2D eigenvalue weighted by molar-refractivity contribution is 0.214. The van der Waals surface area contributed by atoms with E-state index in [4.69, 9.17) is 5.73 Å². The molecular formula is C10H11N3O2. The van der Waals surface area contributed by atoms with Gasteiger partial charge in [0.15, 0.2) is 0 Å². The first-order valence-corrected chi connectivity index (χ1v) is 4.36. The van der Waals surface area contributed by atoms with Gasteiger partial charge in [-0.05, 0) is 5.56 Å². The first kappa shape index (κ1) is 10.9. The average molecular weight is 205 g/mol. The number of urea groups is 1. The number of rotatable bonds is 4. The van der Waals surface area contributed by atoms with Gasteiger partial charge in [-0.2, -0.15) is 5.01 Å². The molecule has 2 N–H and O–H groups in total. The Morgan fingerprint density at radius 3 is 2.60 bits per heavy atom. The SMILES string of the molecule is NC(=O)N(C/C=C\c1ccccc1)N=O. The predicted octanol–water partition coefficient (Wildman–Crippen LogP) is 1.76. The van der Waals surface area contributed by atoms with Gasteiger partial charge in [-0.25, -0.2) is 4.79 Å². The zero-order valence-corrected chi connectivity index (χ0v) is 8.04. The number of carbonyl (C=O) groups is 1. The Morgan fingerprint density at radius 1 is 1.40 bits per heavy atom. The van der Waals surface area contributed by atoms with Crippen molar-refractivity contribution in [1.29, 1.82) is 0 Å². The average Bonchev–Trinajstić information content (AvgIpc) is 2.25. The van der Waals surface area contributed by atoms with E-state index in [9.17, 15) is 9.70 Å². The number of hydrogen-bond acceptors (Lipinski definition) is 3. The van der Waals surface area contributed by atoms with E-state index in [1.54, 1.807) is 12.2 Å². The Morgan fingerprint density at radius 2 is 2.07 bits per heavy atom. The van der Waals surface area contributed by atoms with Crippen molar-refractivity contribution in [3.8, 4) is 0 Å². The fraction of sp³-hybridized carbons (Fsp3) is 0.100. The quantitative estimate of drug-likeness (QED) is 0.600. The van der Waals surface area contributed by atoms with Crippen LogP contribution < -0.4 is 5.73 Å². The molecule has 1 aromatic carbocycles. The molecule has 0 unspecified atom stereocenters. The molecule has 2 amide bonds. The lowest BCUT2D eigenvalue weighted by atomic mass is 10.2. The minimum atomic E-state index is -0.859. The summed E-state index contributed by atoms with van der Waals surface area (Å²) in [5.41, 5.74) is 5.87. The van der Waals surface area contributed by atoms with E-state index in [0.29, 0.717) is 5.01 Å². The van der Waals surface area contributed by atoms with Crippen molar-refractivity contribution in [1.82, 2.24) is 5.01 Å². The summed E-state index contributed by atoms with van der Waals surface area (Å²) in [6, 6.07) is 8.63. The Bertz CT molecular complexity index is 362. The van der Waals surface area contributed by atoms with Gasteiger partial charge >= 0.3 is 6.03 Å². The minimum absolute atomic E-state index is 0.0771. The second kappa shape index (κ2) is 5.54. The Hall–Kier alpha value is -2.17. The van der Waals surface area contributed by atoms with Crippen LogP contribution in [-0.2, 0) is 0 Å². The molecule has 78 valence electrons. The van der Waals surface area contributed by atoms with E-state index < -0.39 is 6.03 Å². The van der Waals surface area contributed by atoms with Crippen LogP contribution in [0, 0.1) is 4.91 Å². The van der Waals surface area contributed by atoms with Crippen molar-refractivity contribution in [2.75, 3.05) is 6.54 Å². The van der Waals surface area contributed by atoms with Crippen LogP contribution in [0.3, 0.4) is 0 Å². The molecule has 0 aromatic heterocycles. The van der Waals surface area contributed by atoms with E-state index in [1.807, 2.05) is 30.3 Å². The number of carbonyl (C=O) groups excluding carboxylic acids is 1. The maximum absolute atomic E-state index is 10.6. The summed E-state index contributed by atoms with van der Waals surface area (Å²) in [6.45, 7) is 0.0771. The van der Waals surface area contributed by atoms with Gasteiger partial charge in [0, 0.05) is 0 Å². The first-order valence-electron chi connectivity index (χ1n) is 4.36. The van der Waals surface area contributed by atoms with Crippen LogP contribution in [0.2, 0.25) is 0 Å². The normalized spacial score (nSPS) is 10.1. The van der Waals surface area contributed by atoms with E-state index in [1.165, 1.54) is 0 Å². The Balaban J connectivity index is 2.53. The number of nitrogens with two attached hydrogens (primary N) is 1. The van der Waals surface area contributed by atoms with Crippen LogP contribution >= 0.6 is 0 Å². The summed E-state index contributed by atoms with van der Waals surface area (Å²) in [4.78, 5) is 20.7. The highest BCUT2D eigenvalue weighted by atomic mass is 16.3. The highest BCUT2D eigenvalue weighted by Gasteiger charge is 2.05. The number of benzene rings is 1. The first-order chi connectivity index (χ1) is 7.24. The lowest BCUT2D eigenvalue weighted by Crippen LogP contribution is -2.30. The topological polar surface area (TPSA) is 75.8 Å². The van der Waals surface area contributed by atoms with Crippen LogP contribution in [-0.4, -0.2) is 17.6 Å². The molecule has 5 heteroatoms. The van der Waals surface area contributed by atoms with Gasteiger partial charge in [0.25, 0.3) is 0 Å². The lowest BCUT2D eigenvalue weighted by Gasteiger charge is -2.05. The predicted molar refractivity (Wildman–Crippen MR) is 57.6 cm³/mol. The van der Waals surface area contributed by atoms with Gasteiger partial charge in [-0.3, -0.25) is 0 Å². The van der Waals surface area contributed by atoms with Gasteiger partial charge < -0.3 is 5.73 Å². The highest BCUT2D eigenvalue weighted by Crippen LogP contribution is 2.01. The molecule has 0 fully saturated rings. The van der Waals surface area contributed by atoms with Crippen LogP contribution in [0.1, 0.15) is 5.56 Å². The molecule has 15 heavy (non-hydrogen) atoms. The van der Waals surface area contributed by atoms with Crippen molar-refractivity contribution in [2.24, 2.45) is 11.0 Å². The molecule has 0 radical (unpaired) electrons. The summed E-state index contributed by atoms with van der Waals surface area (Å²) in [5.74, 6) is 0. The monoisotopic (exact) mass is 205 g/mol. The van der Waals surface area contributed by atoms with Crippen molar-refractivity contribution in [3.05, 3.63) is 46.9 Å². The number of nitroso groups, excluding NO2 is 1. The summed E-state index contributed by atoms with van der Waals surface area (Å²) >= 11 is 0. The van der Waals surface area contributed by atoms with Crippen LogP contribution in [0.15, 0.2) is 41.7 Å². The molecule has 1 rings (SSSR count). The molecule has 0 saturated heterocycles. The van der Waals surface area contributed by atoms with E-state index in [2.05, 4.69) is 5.29 Å². The third-order valence-corrected chi connectivity index (χ3v) is 1.74. The summed E-state index contributed by atoms with van der Waals surface area (Å²) < 4.78 is 0. The van der Waals surface area contributed by atoms with E-state index in [0.717, 1.165) is 5.56 Å². The highest BCUT2D eigenvalue weighted by molar-refractivity contribution is 5.71. The molecule has 1 aromatic rings. The third-order valence-electron chi connectivity index (χ3n) is 1.74. The molecule has 0 aliphatic heterocycles. The number of primary amides is 1. The van der Waals surface area contributed by atoms with Crippen molar-refractivity contribution < 1.29 is 4.79 Å². The molecule has 0 heterocycles. The molecule has 0 bridgehead atoms. The number of nitrogens with zero attached hydrogens (tertiary/aromatic N) is 2. The van der Waals surface area contributed by atoms with E-state index >= 15 is 0 Å². The maximum atomic E-state index is 10.6. The largest absolute Gasteiger partial charge is 0.350 e. The molecule has 0 spiro atoms. The Kier molecular flexibility index (Phi) is 4.03. The van der Waals surface area contributed by atoms with Gasteiger partial charge in [0.2, 0.25) is 0 Å². The van der Waals surface area contributed by atoms with Gasteiger partial charge in [0.05, 0.1) is 11.8 Å². The van der Waals surface area contributed by atoms with Gasteiger partial charge in [0.1, 0.15) is 0 Å². The van der Waals surface area contributed by atoms with Crippen LogP contribution in [0.4, 0.5) is 4.79 Å². The molecular weight excluding hydrogens is 194 g/mol.